The molecule has 1 aromatic rings. The summed E-state index contributed by atoms with van der Waals surface area (Å²) in [5.74, 6) is 0. The van der Waals surface area contributed by atoms with E-state index in [1.54, 1.807) is 4.90 Å². The Kier molecular flexibility index (Phi) is 1.60. The molecule has 0 fully saturated rings. The molecule has 0 saturated carbocycles. The van der Waals surface area contributed by atoms with Gasteiger partial charge >= 0.3 is 0 Å². The second-order valence-electron chi connectivity index (χ2n) is 2.53. The number of hydrogen-bond donors (Lipinski definition) is 0. The van der Waals surface area contributed by atoms with Crippen LogP contribution in [0.1, 0.15) is 5.56 Å². The van der Waals surface area contributed by atoms with Crippen LogP contribution in [0, 0.1) is 11.4 Å². The summed E-state index contributed by atoms with van der Waals surface area (Å²) in [4.78, 5) is 12.8. The molecule has 2 nitrogen and oxygen atoms in total. The SMILES string of the molecule is Cc1c(N(C)C)c(=O)c1=S. The van der Waals surface area contributed by atoms with E-state index in [0.29, 0.717) is 4.51 Å². The Hall–Kier alpha value is -0.700. The summed E-state index contributed by atoms with van der Waals surface area (Å²) in [5, 5.41) is 0. The molecule has 54 valence electrons. The standard InChI is InChI=1S/C7H9NOS/c1-4-5(8(2)3)6(9)7(4)10/h1-3H3. The Morgan fingerprint density at radius 3 is 2.10 bits per heavy atom. The van der Waals surface area contributed by atoms with E-state index in [-0.39, 0.29) is 5.43 Å². The van der Waals surface area contributed by atoms with Crippen molar-refractivity contribution in [2.75, 3.05) is 19.0 Å². The van der Waals surface area contributed by atoms with Crippen LogP contribution in [0.3, 0.4) is 0 Å². The van der Waals surface area contributed by atoms with Gasteiger partial charge in [-0.3, -0.25) is 4.79 Å². The maximum atomic E-state index is 11.0. The maximum Gasteiger partial charge on any atom is 0.220 e. The van der Waals surface area contributed by atoms with E-state index < -0.39 is 0 Å². The molecule has 1 rings (SSSR count). The topological polar surface area (TPSA) is 20.3 Å². The molecule has 0 unspecified atom stereocenters. The first-order chi connectivity index (χ1) is 4.55. The normalized spacial score (nSPS) is 10.3. The molecule has 0 N–H and O–H groups in total. The first-order valence-corrected chi connectivity index (χ1v) is 3.43. The van der Waals surface area contributed by atoms with Crippen LogP contribution < -0.4 is 10.3 Å². The van der Waals surface area contributed by atoms with Gasteiger partial charge in [0.2, 0.25) is 5.43 Å². The Morgan fingerprint density at radius 1 is 1.40 bits per heavy atom. The molecule has 0 aliphatic rings. The van der Waals surface area contributed by atoms with E-state index in [4.69, 9.17) is 12.2 Å². The molecule has 3 heteroatoms. The number of rotatable bonds is 1. The zero-order chi connectivity index (χ0) is 7.89. The average Bonchev–Trinajstić information content (AvgIpc) is 1.87. The average molecular weight is 155 g/mol. The van der Waals surface area contributed by atoms with E-state index in [1.165, 1.54) is 0 Å². The predicted molar refractivity (Wildman–Crippen MR) is 45.0 cm³/mol. The van der Waals surface area contributed by atoms with Crippen molar-refractivity contribution < 1.29 is 0 Å². The zero-order valence-corrected chi connectivity index (χ0v) is 7.08. The Bertz CT molecular complexity index is 320. The number of nitrogens with zero attached hydrogens (tertiary/aromatic N) is 1. The lowest BCUT2D eigenvalue weighted by atomic mass is 10.1. The van der Waals surface area contributed by atoms with Gasteiger partial charge in [0.1, 0.15) is 0 Å². The van der Waals surface area contributed by atoms with Gasteiger partial charge in [-0.15, -0.1) is 0 Å². The van der Waals surface area contributed by atoms with Crippen LogP contribution in [0.5, 0.6) is 0 Å². The molecule has 0 aromatic heterocycles. The highest BCUT2D eigenvalue weighted by atomic mass is 32.1. The van der Waals surface area contributed by atoms with Crippen LogP contribution >= 0.6 is 12.2 Å². The molecule has 0 aliphatic carbocycles. The first-order valence-electron chi connectivity index (χ1n) is 3.03. The summed E-state index contributed by atoms with van der Waals surface area (Å²) in [7, 11) is 3.69. The van der Waals surface area contributed by atoms with E-state index in [2.05, 4.69) is 0 Å². The minimum absolute atomic E-state index is 0.0116. The molecular formula is C7H9NOS. The molecule has 0 heterocycles. The van der Waals surface area contributed by atoms with Crippen molar-refractivity contribution in [3.8, 4) is 0 Å². The maximum absolute atomic E-state index is 11.0. The van der Waals surface area contributed by atoms with Crippen LogP contribution in [0.4, 0.5) is 5.69 Å². The van der Waals surface area contributed by atoms with E-state index in [9.17, 15) is 4.79 Å². The smallest absolute Gasteiger partial charge is 0.220 e. The van der Waals surface area contributed by atoms with E-state index in [1.807, 2.05) is 21.0 Å². The number of anilines is 1. The van der Waals surface area contributed by atoms with Gasteiger partial charge in [0, 0.05) is 14.1 Å². The lowest BCUT2D eigenvalue weighted by Crippen LogP contribution is -2.25. The van der Waals surface area contributed by atoms with Crippen molar-refractivity contribution in [3.63, 3.8) is 0 Å². The van der Waals surface area contributed by atoms with Gasteiger partial charge in [0.15, 0.2) is 0 Å². The van der Waals surface area contributed by atoms with Crippen molar-refractivity contribution in [2.24, 2.45) is 0 Å². The largest absolute Gasteiger partial charge is 0.374 e. The summed E-state index contributed by atoms with van der Waals surface area (Å²) in [6.45, 7) is 1.87. The highest BCUT2D eigenvalue weighted by molar-refractivity contribution is 7.71. The van der Waals surface area contributed by atoms with Gasteiger partial charge in [-0.2, -0.15) is 0 Å². The molecular weight excluding hydrogens is 146 g/mol. The van der Waals surface area contributed by atoms with Crippen molar-refractivity contribution in [2.45, 2.75) is 6.92 Å². The molecule has 0 amide bonds. The quantitative estimate of drug-likeness (QED) is 0.565. The fourth-order valence-corrected chi connectivity index (χ4v) is 1.23. The summed E-state index contributed by atoms with van der Waals surface area (Å²) in [6, 6.07) is 0. The van der Waals surface area contributed by atoms with Crippen molar-refractivity contribution in [1.82, 2.24) is 0 Å². The molecule has 1 aromatic carbocycles. The molecule has 0 atom stereocenters. The van der Waals surface area contributed by atoms with Crippen LogP contribution in [-0.4, -0.2) is 14.1 Å². The van der Waals surface area contributed by atoms with Crippen LogP contribution in [0.15, 0.2) is 4.79 Å². The van der Waals surface area contributed by atoms with Crippen molar-refractivity contribution in [3.05, 3.63) is 20.3 Å². The Balaban J connectivity index is 3.23. The molecule has 0 spiro atoms. The fourth-order valence-electron chi connectivity index (χ4n) is 1.03. The molecule has 10 heavy (non-hydrogen) atoms. The van der Waals surface area contributed by atoms with Crippen LogP contribution in [0.25, 0.3) is 0 Å². The highest BCUT2D eigenvalue weighted by Gasteiger charge is 2.14. The third-order valence-corrected chi connectivity index (χ3v) is 2.06. The summed E-state index contributed by atoms with van der Waals surface area (Å²) < 4.78 is 0.490. The lowest BCUT2D eigenvalue weighted by Gasteiger charge is -2.16. The molecule has 0 saturated heterocycles. The van der Waals surface area contributed by atoms with Gasteiger partial charge in [-0.25, -0.2) is 0 Å². The Morgan fingerprint density at radius 2 is 1.90 bits per heavy atom. The van der Waals surface area contributed by atoms with Crippen LogP contribution in [-0.2, 0) is 0 Å². The second-order valence-corrected chi connectivity index (χ2v) is 2.93. The van der Waals surface area contributed by atoms with Crippen molar-refractivity contribution in [1.29, 1.82) is 0 Å². The summed E-state index contributed by atoms with van der Waals surface area (Å²) >= 11 is 4.79. The van der Waals surface area contributed by atoms with Gasteiger partial charge in [0.25, 0.3) is 0 Å². The lowest BCUT2D eigenvalue weighted by molar-refractivity contribution is 1.08. The third-order valence-electron chi connectivity index (χ3n) is 1.56. The molecule has 0 radical (unpaired) electrons. The van der Waals surface area contributed by atoms with Crippen LogP contribution in [0.2, 0.25) is 0 Å². The van der Waals surface area contributed by atoms with E-state index >= 15 is 0 Å². The third kappa shape index (κ3) is 0.778. The minimum atomic E-state index is 0.0116. The zero-order valence-electron chi connectivity index (χ0n) is 6.26. The number of hydrogen-bond acceptors (Lipinski definition) is 3. The van der Waals surface area contributed by atoms with Gasteiger partial charge in [-0.1, -0.05) is 12.2 Å². The molecule has 0 bridgehead atoms. The monoisotopic (exact) mass is 155 g/mol. The predicted octanol–water partition coefficient (Wildman–Crippen LogP) is 1.03. The van der Waals surface area contributed by atoms with Gasteiger partial charge in [-0.05, 0) is 12.5 Å². The van der Waals surface area contributed by atoms with Gasteiger partial charge < -0.3 is 4.90 Å². The summed E-state index contributed by atoms with van der Waals surface area (Å²) in [6.07, 6.45) is 0. The van der Waals surface area contributed by atoms with Gasteiger partial charge in [0.05, 0.1) is 10.2 Å². The fraction of sp³-hybridized carbons (Fsp3) is 0.429. The first kappa shape index (κ1) is 7.41. The highest BCUT2D eigenvalue weighted by Crippen LogP contribution is 2.16. The van der Waals surface area contributed by atoms with E-state index in [0.717, 1.165) is 11.3 Å². The summed E-state index contributed by atoms with van der Waals surface area (Å²) in [5.41, 5.74) is 1.72. The Labute approximate surface area is 64.8 Å². The van der Waals surface area contributed by atoms with Crippen molar-refractivity contribution >= 4 is 17.9 Å². The minimum Gasteiger partial charge on any atom is -0.374 e. The molecule has 0 aliphatic heterocycles. The second kappa shape index (κ2) is 2.16.